The molecule has 16 heteroatoms. The normalized spacial score (nSPS) is 12.5. The van der Waals surface area contributed by atoms with E-state index in [1.54, 1.807) is 0 Å². The Kier molecular flexibility index (Phi) is 17.2. The molecule has 6 aromatic rings. The van der Waals surface area contributed by atoms with Crippen molar-refractivity contribution in [1.82, 2.24) is 31.2 Å². The maximum absolute atomic E-state index is 12.8. The molecule has 8 rings (SSSR count). The Morgan fingerprint density at radius 1 is 0.603 bits per heavy atom. The van der Waals surface area contributed by atoms with Gasteiger partial charge in [-0.1, -0.05) is 120 Å². The maximum Gasteiger partial charge on any atom is 1.00 e. The third kappa shape index (κ3) is 11.8. The zero-order chi connectivity index (χ0) is 42.9. The first-order valence-corrected chi connectivity index (χ1v) is 20.4. The number of carbonyl (C=O) groups is 4. The molecule has 2 aromatic heterocycles. The molecule has 2 aliphatic rings. The summed E-state index contributed by atoms with van der Waals surface area (Å²) in [6.07, 6.45) is 6.30. The van der Waals surface area contributed by atoms with E-state index in [1.165, 1.54) is 53.9 Å². The van der Waals surface area contributed by atoms with Gasteiger partial charge in [0.05, 0.1) is 64.8 Å². The van der Waals surface area contributed by atoms with Crippen LogP contribution in [0, 0.1) is 0 Å². The zero-order valence-corrected chi connectivity index (χ0v) is 38.0. The number of aryl methyl sites for hydroxylation is 4. The summed E-state index contributed by atoms with van der Waals surface area (Å²) in [5.41, 5.74) is 10.4. The first-order valence-electron chi connectivity index (χ1n) is 19.6. The second-order valence-corrected chi connectivity index (χ2v) is 15.2. The van der Waals surface area contributed by atoms with Crippen LogP contribution in [0.1, 0.15) is 88.7 Å². The molecule has 6 N–H and O–H groups in total. The number of amides is 4. The van der Waals surface area contributed by atoms with E-state index in [-0.39, 0.29) is 93.4 Å². The third-order valence-electron chi connectivity index (χ3n) is 10.7. The molecule has 63 heavy (non-hydrogen) atoms. The number of fused-ring (bicyclic) bond motifs is 4. The number of urea groups is 2. The fourth-order valence-electron chi connectivity index (χ4n) is 7.59. The minimum atomic E-state index is -1.10. The smallest absolute Gasteiger partial charge is 0.870 e. The summed E-state index contributed by atoms with van der Waals surface area (Å²) in [6.45, 7) is 0.211. The number of halogens is 2. The van der Waals surface area contributed by atoms with Gasteiger partial charge in [-0.2, -0.15) is 0 Å². The number of rotatable bonds is 8. The fourth-order valence-corrected chi connectivity index (χ4v) is 8.06. The van der Waals surface area contributed by atoms with Crippen molar-refractivity contribution in [2.45, 2.75) is 50.9 Å². The molecule has 0 unspecified atom stereocenters. The van der Waals surface area contributed by atoms with Gasteiger partial charge in [0.1, 0.15) is 0 Å². The third-order valence-corrected chi connectivity index (χ3v) is 11.3. The predicted molar refractivity (Wildman–Crippen MR) is 234 cm³/mol. The minimum Gasteiger partial charge on any atom is -0.870 e. The second-order valence-electron chi connectivity index (χ2n) is 14.4. The van der Waals surface area contributed by atoms with E-state index in [0.29, 0.717) is 11.4 Å². The summed E-state index contributed by atoms with van der Waals surface area (Å²) in [4.78, 5) is 56.3. The van der Waals surface area contributed by atoms with Gasteiger partial charge in [0.15, 0.2) is 0 Å². The molecule has 0 aliphatic heterocycles. The Hall–Kier alpha value is -5.80. The van der Waals surface area contributed by atoms with E-state index in [9.17, 15) is 19.2 Å². The summed E-state index contributed by atoms with van der Waals surface area (Å²) in [6, 6.07) is 34.3. The van der Waals surface area contributed by atoms with Crippen LogP contribution in [-0.4, -0.2) is 51.7 Å². The van der Waals surface area contributed by atoms with Gasteiger partial charge in [-0.15, -0.1) is 0 Å². The molecule has 0 fully saturated rings. The number of methoxy groups -OCH3 is 1. The zero-order valence-electron chi connectivity index (χ0n) is 34.5. The fraction of sp³-hybridized carbons (Fsp3) is 0.191. The number of pyridine rings is 2. The van der Waals surface area contributed by atoms with Crippen LogP contribution >= 0.6 is 23.2 Å². The van der Waals surface area contributed by atoms with Crippen molar-refractivity contribution in [3.05, 3.63) is 199 Å². The first-order chi connectivity index (χ1) is 29.6. The van der Waals surface area contributed by atoms with E-state index in [0.717, 1.165) is 47.9 Å². The number of carboxylic acids is 1. The molecule has 0 saturated carbocycles. The Labute approximate surface area is 396 Å². The van der Waals surface area contributed by atoms with Crippen molar-refractivity contribution < 1.29 is 64.1 Å². The average molecular weight is 898 g/mol. The summed E-state index contributed by atoms with van der Waals surface area (Å²) < 4.78 is 4.66. The van der Waals surface area contributed by atoms with Crippen molar-refractivity contribution in [3.8, 4) is 0 Å². The van der Waals surface area contributed by atoms with Gasteiger partial charge in [0, 0.05) is 12.4 Å². The van der Waals surface area contributed by atoms with Crippen LogP contribution in [-0.2, 0) is 43.5 Å². The second kappa shape index (κ2) is 22.5. The number of aromatic nitrogens is 2. The van der Waals surface area contributed by atoms with E-state index < -0.39 is 11.9 Å². The van der Waals surface area contributed by atoms with Gasteiger partial charge in [-0.25, -0.2) is 19.2 Å². The number of carbonyl (C=O) groups excluding carboxylic acids is 3. The Morgan fingerprint density at radius 3 is 1.27 bits per heavy atom. The number of ether oxygens (including phenoxy) is 1. The number of benzene rings is 4. The van der Waals surface area contributed by atoms with E-state index >= 15 is 0 Å². The Balaban J connectivity index is 0.000000230. The predicted octanol–water partition coefficient (Wildman–Crippen LogP) is 5.16. The molecular weight excluding hydrogens is 854 g/mol. The van der Waals surface area contributed by atoms with Crippen LogP contribution < -0.4 is 50.8 Å². The molecule has 4 aromatic carbocycles. The van der Waals surface area contributed by atoms with E-state index in [2.05, 4.69) is 72.4 Å². The topological polar surface area (TPSA) is 202 Å². The quantitative estimate of drug-likeness (QED) is 0.101. The van der Waals surface area contributed by atoms with Crippen LogP contribution in [0.5, 0.6) is 0 Å². The summed E-state index contributed by atoms with van der Waals surface area (Å²) in [7, 11) is 1.29. The van der Waals surface area contributed by atoms with Crippen LogP contribution in [0.15, 0.2) is 122 Å². The van der Waals surface area contributed by atoms with Gasteiger partial charge in [-0.3, -0.25) is 9.97 Å². The standard InChI is InChI=1S/C24H22ClN3O3.C23H20ClN3O3.Na.H2O/c1-31-23(29)17-12-20(25)21(26-13-17)14-27-24(30)28-22-18-8-4-2-6-15(18)10-11-16-7-3-5-9-19(16)22;24-19-11-16(22(28)29)12-25-20(19)13-26-23(30)27-21-17-7-3-1-5-14(17)9-10-15-6-2-4-8-18(15)21;;/h2-9,12-13,22H,10-11,14H2,1H3,(H2,27,28,30);1-8,11-12,21H,9-10,13H2,(H,28,29)(H2,26,27,30);;1H2/q;;+1;/p-1. The SMILES string of the molecule is COC(=O)c1cnc(CNC(=O)NC2c3ccccc3CCc3ccccc32)c(Cl)c1.O=C(NCc1ncc(C(=O)O)cc1Cl)NC1c2ccccc2CCc2ccccc21.[Na+].[OH-]. The maximum atomic E-state index is 12.8. The molecule has 13 nitrogen and oxygen atoms in total. The van der Waals surface area contributed by atoms with Gasteiger partial charge >= 0.3 is 53.6 Å². The molecule has 0 spiro atoms. The van der Waals surface area contributed by atoms with Gasteiger partial charge < -0.3 is 36.6 Å². The molecular formula is C47H43Cl2N6NaO7. The van der Waals surface area contributed by atoms with Gasteiger partial charge in [0.25, 0.3) is 0 Å². The molecule has 0 saturated heterocycles. The van der Waals surface area contributed by atoms with Crippen molar-refractivity contribution in [3.63, 3.8) is 0 Å². The number of carboxylic acid groups (broad SMARTS) is 1. The molecule has 0 atom stereocenters. The monoisotopic (exact) mass is 896 g/mol. The summed E-state index contributed by atoms with van der Waals surface area (Å²) >= 11 is 12.3. The number of esters is 1. The van der Waals surface area contributed by atoms with Crippen LogP contribution in [0.4, 0.5) is 9.59 Å². The van der Waals surface area contributed by atoms with Gasteiger partial charge in [0.2, 0.25) is 0 Å². The molecule has 0 bridgehead atoms. The van der Waals surface area contributed by atoms with Crippen molar-refractivity contribution in [2.24, 2.45) is 0 Å². The Morgan fingerprint density at radius 2 is 0.937 bits per heavy atom. The largest absolute Gasteiger partial charge is 1.00 e. The van der Waals surface area contributed by atoms with Crippen LogP contribution in [0.3, 0.4) is 0 Å². The van der Waals surface area contributed by atoms with E-state index in [4.69, 9.17) is 28.3 Å². The molecule has 2 heterocycles. The van der Waals surface area contributed by atoms with Crippen molar-refractivity contribution >= 4 is 47.2 Å². The summed E-state index contributed by atoms with van der Waals surface area (Å²) in [5.74, 6) is -1.62. The molecule has 0 radical (unpaired) electrons. The number of nitrogens with one attached hydrogen (secondary N) is 4. The number of aromatic carboxylic acids is 1. The molecule has 2 aliphatic carbocycles. The average Bonchev–Trinajstić information content (AvgIpc) is 3.53. The summed E-state index contributed by atoms with van der Waals surface area (Å²) in [5, 5.41) is 21.3. The first kappa shape index (κ1) is 48.2. The van der Waals surface area contributed by atoms with Crippen LogP contribution in [0.2, 0.25) is 10.0 Å². The Bertz CT molecular complexity index is 2520. The number of hydrogen-bond acceptors (Lipinski definition) is 8. The number of nitrogens with zero attached hydrogens (tertiary/aromatic N) is 2. The van der Waals surface area contributed by atoms with Gasteiger partial charge in [-0.05, 0) is 82.3 Å². The van der Waals surface area contributed by atoms with Crippen molar-refractivity contribution in [2.75, 3.05) is 7.11 Å². The minimum absolute atomic E-state index is 0. The van der Waals surface area contributed by atoms with E-state index in [1.807, 2.05) is 60.7 Å². The number of hydrogen-bond donors (Lipinski definition) is 5. The molecule has 4 amide bonds. The van der Waals surface area contributed by atoms with Crippen LogP contribution in [0.25, 0.3) is 0 Å². The molecule has 318 valence electrons. The van der Waals surface area contributed by atoms with Crippen molar-refractivity contribution in [1.29, 1.82) is 0 Å².